The summed E-state index contributed by atoms with van der Waals surface area (Å²) in [7, 11) is 0. The second-order valence-electron chi connectivity index (χ2n) is 6.47. The van der Waals surface area contributed by atoms with Gasteiger partial charge in [-0.05, 0) is 39.7 Å². The van der Waals surface area contributed by atoms with Crippen LogP contribution in [-0.2, 0) is 0 Å². The second-order valence-corrected chi connectivity index (χ2v) is 6.47. The van der Waals surface area contributed by atoms with Crippen LogP contribution in [0, 0.1) is 0 Å². The molecule has 0 aromatic carbocycles. The lowest BCUT2D eigenvalue weighted by Gasteiger charge is -2.41. The fraction of sp³-hybridized carbons (Fsp3) is 1.00. The van der Waals surface area contributed by atoms with Crippen LogP contribution in [0.5, 0.6) is 0 Å². The average molecular weight is 253 g/mol. The van der Waals surface area contributed by atoms with Crippen molar-refractivity contribution >= 4 is 0 Å². The lowest BCUT2D eigenvalue weighted by Crippen LogP contribution is -2.56. The van der Waals surface area contributed by atoms with Gasteiger partial charge in [-0.25, -0.2) is 0 Å². The van der Waals surface area contributed by atoms with Crippen molar-refractivity contribution in [3.05, 3.63) is 0 Å². The zero-order valence-electron chi connectivity index (χ0n) is 12.5. The first-order chi connectivity index (χ1) is 8.65. The molecule has 3 nitrogen and oxygen atoms in total. The fourth-order valence-corrected chi connectivity index (χ4v) is 3.64. The van der Waals surface area contributed by atoms with Crippen LogP contribution >= 0.6 is 0 Å². The van der Waals surface area contributed by atoms with E-state index in [0.29, 0.717) is 11.6 Å². The summed E-state index contributed by atoms with van der Waals surface area (Å²) in [5.41, 5.74) is 0.439. The summed E-state index contributed by atoms with van der Waals surface area (Å²) >= 11 is 0. The van der Waals surface area contributed by atoms with E-state index in [0.717, 1.165) is 0 Å². The molecule has 2 rings (SSSR count). The number of rotatable bonds is 5. The molecule has 2 aliphatic heterocycles. The Morgan fingerprint density at radius 3 is 2.39 bits per heavy atom. The summed E-state index contributed by atoms with van der Waals surface area (Å²) in [5.74, 6) is 0. The van der Waals surface area contributed by atoms with Crippen LogP contribution in [0.3, 0.4) is 0 Å². The van der Waals surface area contributed by atoms with Gasteiger partial charge >= 0.3 is 0 Å². The highest BCUT2D eigenvalue weighted by Crippen LogP contribution is 2.26. The van der Waals surface area contributed by atoms with E-state index < -0.39 is 0 Å². The van der Waals surface area contributed by atoms with Gasteiger partial charge in [0.2, 0.25) is 0 Å². The molecule has 2 aliphatic rings. The van der Waals surface area contributed by atoms with Gasteiger partial charge in [0, 0.05) is 44.3 Å². The van der Waals surface area contributed by atoms with Crippen LogP contribution in [-0.4, -0.2) is 60.6 Å². The molecule has 0 aromatic rings. The van der Waals surface area contributed by atoms with Crippen molar-refractivity contribution in [1.82, 2.24) is 15.1 Å². The van der Waals surface area contributed by atoms with Crippen LogP contribution in [0.4, 0.5) is 0 Å². The lowest BCUT2D eigenvalue weighted by atomic mass is 9.91. The van der Waals surface area contributed by atoms with E-state index in [1.807, 2.05) is 0 Å². The highest BCUT2D eigenvalue weighted by atomic mass is 15.3. The van der Waals surface area contributed by atoms with Gasteiger partial charge in [-0.15, -0.1) is 0 Å². The molecule has 106 valence electrons. The molecule has 1 atom stereocenters. The molecule has 2 fully saturated rings. The predicted molar refractivity (Wildman–Crippen MR) is 78.0 cm³/mol. The Balaban J connectivity index is 1.82. The predicted octanol–water partition coefficient (Wildman–Crippen LogP) is 1.93. The van der Waals surface area contributed by atoms with Crippen LogP contribution in [0.25, 0.3) is 0 Å². The van der Waals surface area contributed by atoms with Crippen molar-refractivity contribution in [3.63, 3.8) is 0 Å². The molecule has 0 bridgehead atoms. The fourth-order valence-electron chi connectivity index (χ4n) is 3.64. The Kier molecular flexibility index (Phi) is 5.05. The molecule has 0 spiro atoms. The van der Waals surface area contributed by atoms with Gasteiger partial charge in [-0.3, -0.25) is 9.80 Å². The minimum absolute atomic E-state index is 0.439. The molecular formula is C15H31N3. The minimum atomic E-state index is 0.439. The van der Waals surface area contributed by atoms with Gasteiger partial charge < -0.3 is 5.32 Å². The van der Waals surface area contributed by atoms with Crippen molar-refractivity contribution in [2.45, 2.75) is 58.0 Å². The van der Waals surface area contributed by atoms with Crippen LogP contribution in [0.1, 0.15) is 46.5 Å². The molecule has 0 radical (unpaired) electrons. The van der Waals surface area contributed by atoms with Crippen LogP contribution in [0.2, 0.25) is 0 Å². The van der Waals surface area contributed by atoms with Gasteiger partial charge in [-0.1, -0.05) is 13.3 Å². The van der Waals surface area contributed by atoms with Gasteiger partial charge in [0.05, 0.1) is 0 Å². The van der Waals surface area contributed by atoms with Crippen molar-refractivity contribution in [2.75, 3.05) is 39.3 Å². The Morgan fingerprint density at radius 2 is 1.89 bits per heavy atom. The summed E-state index contributed by atoms with van der Waals surface area (Å²) in [5, 5.41) is 3.80. The first-order valence-electron chi connectivity index (χ1n) is 7.87. The van der Waals surface area contributed by atoms with Crippen molar-refractivity contribution in [1.29, 1.82) is 0 Å². The molecule has 0 amide bonds. The van der Waals surface area contributed by atoms with Gasteiger partial charge in [0.25, 0.3) is 0 Å². The standard InChI is InChI=1S/C15H31N3/c1-4-6-15(7-5-8-16-15)13-17-9-11-18(12-10-17)14(2)3/h14,16H,4-13H2,1-3H3. The van der Waals surface area contributed by atoms with E-state index in [2.05, 4.69) is 35.9 Å². The molecule has 18 heavy (non-hydrogen) atoms. The van der Waals surface area contributed by atoms with E-state index in [4.69, 9.17) is 0 Å². The highest BCUT2D eigenvalue weighted by Gasteiger charge is 2.35. The van der Waals surface area contributed by atoms with E-state index in [1.54, 1.807) is 0 Å². The third-order valence-electron chi connectivity index (χ3n) is 4.72. The summed E-state index contributed by atoms with van der Waals surface area (Å²) in [4.78, 5) is 5.29. The molecule has 0 aliphatic carbocycles. The smallest absolute Gasteiger partial charge is 0.0309 e. The van der Waals surface area contributed by atoms with Gasteiger partial charge in [-0.2, -0.15) is 0 Å². The maximum absolute atomic E-state index is 3.80. The Morgan fingerprint density at radius 1 is 1.17 bits per heavy atom. The quantitative estimate of drug-likeness (QED) is 0.808. The first kappa shape index (κ1) is 14.3. The molecule has 2 heterocycles. The van der Waals surface area contributed by atoms with E-state index in [1.165, 1.54) is 65.0 Å². The van der Waals surface area contributed by atoms with Crippen molar-refractivity contribution in [3.8, 4) is 0 Å². The number of piperazine rings is 1. The zero-order chi connectivity index (χ0) is 13.0. The summed E-state index contributed by atoms with van der Waals surface area (Å²) < 4.78 is 0. The number of hydrogen-bond donors (Lipinski definition) is 1. The minimum Gasteiger partial charge on any atom is -0.310 e. The Hall–Kier alpha value is -0.120. The van der Waals surface area contributed by atoms with Crippen LogP contribution < -0.4 is 5.32 Å². The average Bonchev–Trinajstić information content (AvgIpc) is 2.79. The topological polar surface area (TPSA) is 18.5 Å². The van der Waals surface area contributed by atoms with Gasteiger partial charge in [0.15, 0.2) is 0 Å². The van der Waals surface area contributed by atoms with E-state index in [9.17, 15) is 0 Å². The summed E-state index contributed by atoms with van der Waals surface area (Å²) in [6.45, 7) is 14.5. The van der Waals surface area contributed by atoms with E-state index >= 15 is 0 Å². The third-order valence-corrected chi connectivity index (χ3v) is 4.72. The van der Waals surface area contributed by atoms with Crippen molar-refractivity contribution in [2.24, 2.45) is 0 Å². The molecule has 1 unspecified atom stereocenters. The molecule has 2 saturated heterocycles. The second kappa shape index (κ2) is 6.36. The first-order valence-corrected chi connectivity index (χ1v) is 7.87. The van der Waals surface area contributed by atoms with Crippen molar-refractivity contribution < 1.29 is 0 Å². The van der Waals surface area contributed by atoms with Crippen LogP contribution in [0.15, 0.2) is 0 Å². The maximum atomic E-state index is 3.80. The summed E-state index contributed by atoms with van der Waals surface area (Å²) in [6.07, 6.45) is 5.40. The largest absolute Gasteiger partial charge is 0.310 e. The number of nitrogens with one attached hydrogen (secondary N) is 1. The molecular weight excluding hydrogens is 222 g/mol. The monoisotopic (exact) mass is 253 g/mol. The molecule has 0 saturated carbocycles. The lowest BCUT2D eigenvalue weighted by molar-refractivity contribution is 0.0846. The molecule has 3 heteroatoms. The Bertz CT molecular complexity index is 238. The highest BCUT2D eigenvalue weighted by molar-refractivity contribution is 4.96. The number of hydrogen-bond acceptors (Lipinski definition) is 3. The summed E-state index contributed by atoms with van der Waals surface area (Å²) in [6, 6.07) is 0.710. The Labute approximate surface area is 113 Å². The SMILES string of the molecule is CCCC1(CN2CCN(C(C)C)CC2)CCCN1. The molecule has 1 N–H and O–H groups in total. The zero-order valence-corrected chi connectivity index (χ0v) is 12.5. The number of nitrogens with zero attached hydrogens (tertiary/aromatic N) is 2. The molecule has 0 aromatic heterocycles. The normalized spacial score (nSPS) is 31.3. The maximum Gasteiger partial charge on any atom is 0.0309 e. The van der Waals surface area contributed by atoms with E-state index in [-0.39, 0.29) is 0 Å². The third kappa shape index (κ3) is 3.46. The van der Waals surface area contributed by atoms with Gasteiger partial charge in [0.1, 0.15) is 0 Å².